The van der Waals surface area contributed by atoms with E-state index < -0.39 is 0 Å². The van der Waals surface area contributed by atoms with Crippen molar-refractivity contribution in [3.8, 4) is 0 Å². The Labute approximate surface area is 117 Å². The molecule has 0 radical (unpaired) electrons. The van der Waals surface area contributed by atoms with Gasteiger partial charge in [-0.1, -0.05) is 11.3 Å². The maximum atomic E-state index is 11.6. The summed E-state index contributed by atoms with van der Waals surface area (Å²) < 4.78 is 0.290. The van der Waals surface area contributed by atoms with Crippen LogP contribution >= 0.6 is 22.9 Å². The van der Waals surface area contributed by atoms with Crippen molar-refractivity contribution < 1.29 is 4.79 Å². The molecule has 0 fully saturated rings. The minimum Gasteiger partial charge on any atom is -0.350 e. The highest BCUT2D eigenvalue weighted by Crippen LogP contribution is 2.14. The van der Waals surface area contributed by atoms with E-state index in [4.69, 9.17) is 11.6 Å². The molecule has 0 aliphatic carbocycles. The Kier molecular flexibility index (Phi) is 6.52. The van der Waals surface area contributed by atoms with Gasteiger partial charge in [0.25, 0.3) is 5.91 Å². The van der Waals surface area contributed by atoms with Crippen LogP contribution in [0.2, 0.25) is 4.47 Å². The van der Waals surface area contributed by atoms with E-state index in [-0.39, 0.29) is 5.91 Å². The second kappa shape index (κ2) is 7.66. The van der Waals surface area contributed by atoms with E-state index in [0.29, 0.717) is 22.1 Å². The van der Waals surface area contributed by atoms with Crippen LogP contribution in [0.3, 0.4) is 0 Å². The van der Waals surface area contributed by atoms with Gasteiger partial charge in [-0.3, -0.25) is 4.79 Å². The topological polar surface area (TPSA) is 58.1 Å². The van der Waals surface area contributed by atoms with Crippen molar-refractivity contribution in [1.29, 1.82) is 0 Å². The van der Waals surface area contributed by atoms with E-state index in [1.807, 2.05) is 0 Å². The number of halogens is 1. The molecule has 1 aromatic rings. The third-order valence-electron chi connectivity index (χ3n) is 2.70. The molecular weight excluding hydrogens is 272 g/mol. The van der Waals surface area contributed by atoms with E-state index in [1.165, 1.54) is 0 Å². The lowest BCUT2D eigenvalue weighted by Gasteiger charge is -2.20. The Hall–Kier alpha value is -0.720. The van der Waals surface area contributed by atoms with Gasteiger partial charge in [-0.2, -0.15) is 0 Å². The lowest BCUT2D eigenvalue weighted by Crippen LogP contribution is -2.29. The van der Waals surface area contributed by atoms with Gasteiger partial charge < -0.3 is 10.2 Å². The van der Waals surface area contributed by atoms with E-state index in [0.717, 1.165) is 30.7 Å². The summed E-state index contributed by atoms with van der Waals surface area (Å²) in [5.41, 5.74) is 0. The van der Waals surface area contributed by atoms with Crippen LogP contribution in [0.25, 0.3) is 0 Å². The Morgan fingerprint density at radius 3 is 2.72 bits per heavy atom. The van der Waals surface area contributed by atoms with Crippen molar-refractivity contribution in [2.24, 2.45) is 0 Å². The Morgan fingerprint density at radius 1 is 1.44 bits per heavy atom. The molecule has 1 N–H and O–H groups in total. The number of carbonyl (C=O) groups excluding carboxylic acids is 1. The largest absolute Gasteiger partial charge is 0.350 e. The molecule has 1 rings (SSSR count). The molecule has 0 aliphatic heterocycles. The van der Waals surface area contributed by atoms with Gasteiger partial charge in [0.2, 0.25) is 9.47 Å². The van der Waals surface area contributed by atoms with Crippen molar-refractivity contribution in [2.45, 2.75) is 32.7 Å². The summed E-state index contributed by atoms with van der Waals surface area (Å²) in [5.74, 6) is -0.198. The SMILES string of the molecule is CC(C)N(C)CCCCNC(=O)c1nnc(Cl)s1. The standard InChI is InChI=1S/C11H19ClN4OS/c1-8(2)16(3)7-5-4-6-13-9(17)10-14-15-11(12)18-10/h8H,4-7H2,1-3H3,(H,13,17). The zero-order valence-electron chi connectivity index (χ0n) is 10.9. The predicted molar refractivity (Wildman–Crippen MR) is 74.3 cm³/mol. The van der Waals surface area contributed by atoms with Crippen molar-refractivity contribution >= 4 is 28.8 Å². The Morgan fingerprint density at radius 2 is 2.17 bits per heavy atom. The first-order chi connectivity index (χ1) is 8.50. The van der Waals surface area contributed by atoms with Gasteiger partial charge in [-0.05, 0) is 51.9 Å². The molecule has 1 heterocycles. The van der Waals surface area contributed by atoms with Crippen LogP contribution in [0.15, 0.2) is 0 Å². The third kappa shape index (κ3) is 5.29. The molecule has 0 saturated heterocycles. The van der Waals surface area contributed by atoms with Crippen molar-refractivity contribution in [3.63, 3.8) is 0 Å². The van der Waals surface area contributed by atoms with Crippen molar-refractivity contribution in [2.75, 3.05) is 20.1 Å². The van der Waals surface area contributed by atoms with E-state index in [2.05, 4.69) is 41.3 Å². The number of hydrogen-bond donors (Lipinski definition) is 1. The number of carbonyl (C=O) groups is 1. The molecule has 0 bridgehead atoms. The summed E-state index contributed by atoms with van der Waals surface area (Å²) in [6.45, 7) is 6.03. The summed E-state index contributed by atoms with van der Waals surface area (Å²) in [7, 11) is 2.10. The van der Waals surface area contributed by atoms with Gasteiger partial charge in [0.15, 0.2) is 0 Å². The van der Waals surface area contributed by atoms with Gasteiger partial charge >= 0.3 is 0 Å². The van der Waals surface area contributed by atoms with Gasteiger partial charge in [0, 0.05) is 12.6 Å². The molecule has 7 heteroatoms. The van der Waals surface area contributed by atoms with Crippen LogP contribution < -0.4 is 5.32 Å². The molecule has 0 saturated carbocycles. The summed E-state index contributed by atoms with van der Waals surface area (Å²) in [6.07, 6.45) is 2.02. The Bertz CT molecular complexity index is 383. The fourth-order valence-corrected chi connectivity index (χ4v) is 2.06. The van der Waals surface area contributed by atoms with Crippen molar-refractivity contribution in [1.82, 2.24) is 20.4 Å². The van der Waals surface area contributed by atoms with Gasteiger partial charge in [0.05, 0.1) is 0 Å². The Balaban J connectivity index is 2.13. The molecule has 0 spiro atoms. The van der Waals surface area contributed by atoms with Crippen molar-refractivity contribution in [3.05, 3.63) is 9.47 Å². The normalized spacial score (nSPS) is 11.2. The zero-order chi connectivity index (χ0) is 13.5. The molecule has 1 aromatic heterocycles. The smallest absolute Gasteiger partial charge is 0.282 e. The first-order valence-corrected chi connectivity index (χ1v) is 7.17. The second-order valence-corrected chi connectivity index (χ2v) is 5.96. The fourth-order valence-electron chi connectivity index (χ4n) is 1.32. The molecular formula is C11H19ClN4OS. The number of nitrogens with zero attached hydrogens (tertiary/aromatic N) is 3. The summed E-state index contributed by atoms with van der Waals surface area (Å²) in [5, 5.41) is 10.4. The summed E-state index contributed by atoms with van der Waals surface area (Å²) in [6, 6.07) is 0.558. The molecule has 0 unspecified atom stereocenters. The maximum Gasteiger partial charge on any atom is 0.282 e. The number of aromatic nitrogens is 2. The maximum absolute atomic E-state index is 11.6. The molecule has 0 aromatic carbocycles. The van der Waals surface area contributed by atoms with Crippen LogP contribution in [-0.4, -0.2) is 47.2 Å². The predicted octanol–water partition coefficient (Wildman–Crippen LogP) is 2.04. The lowest BCUT2D eigenvalue weighted by atomic mass is 10.2. The third-order valence-corrected chi connectivity index (χ3v) is 3.72. The second-order valence-electron chi connectivity index (χ2n) is 4.40. The van der Waals surface area contributed by atoms with Gasteiger partial charge in [-0.25, -0.2) is 0 Å². The van der Waals surface area contributed by atoms with Gasteiger partial charge in [0.1, 0.15) is 0 Å². The lowest BCUT2D eigenvalue weighted by molar-refractivity contribution is 0.0951. The molecule has 5 nitrogen and oxygen atoms in total. The van der Waals surface area contributed by atoms with Gasteiger partial charge in [-0.15, -0.1) is 10.2 Å². The number of nitrogens with one attached hydrogen (secondary N) is 1. The minimum absolute atomic E-state index is 0.198. The average Bonchev–Trinajstić information content (AvgIpc) is 2.74. The van der Waals surface area contributed by atoms with E-state index >= 15 is 0 Å². The average molecular weight is 291 g/mol. The van der Waals surface area contributed by atoms with Crippen LogP contribution in [0.4, 0.5) is 0 Å². The highest BCUT2D eigenvalue weighted by Gasteiger charge is 2.10. The molecule has 0 aliphatic rings. The number of rotatable bonds is 7. The highest BCUT2D eigenvalue weighted by atomic mass is 35.5. The fraction of sp³-hybridized carbons (Fsp3) is 0.727. The molecule has 102 valence electrons. The minimum atomic E-state index is -0.198. The van der Waals surface area contributed by atoms with E-state index in [9.17, 15) is 4.79 Å². The quantitative estimate of drug-likeness (QED) is 0.781. The zero-order valence-corrected chi connectivity index (χ0v) is 12.5. The molecule has 0 atom stereocenters. The molecule has 1 amide bonds. The summed E-state index contributed by atoms with van der Waals surface area (Å²) in [4.78, 5) is 13.9. The first kappa shape index (κ1) is 15.3. The van der Waals surface area contributed by atoms with Crippen LogP contribution in [0.5, 0.6) is 0 Å². The van der Waals surface area contributed by atoms with Crippen LogP contribution in [0, 0.1) is 0 Å². The summed E-state index contributed by atoms with van der Waals surface area (Å²) >= 11 is 6.70. The van der Waals surface area contributed by atoms with Crippen LogP contribution in [-0.2, 0) is 0 Å². The number of hydrogen-bond acceptors (Lipinski definition) is 5. The monoisotopic (exact) mass is 290 g/mol. The highest BCUT2D eigenvalue weighted by molar-refractivity contribution is 7.17. The number of amides is 1. The first-order valence-electron chi connectivity index (χ1n) is 5.98. The number of unbranched alkanes of at least 4 members (excludes halogenated alkanes) is 1. The van der Waals surface area contributed by atoms with Crippen LogP contribution in [0.1, 0.15) is 36.5 Å². The molecule has 18 heavy (non-hydrogen) atoms. The van der Waals surface area contributed by atoms with E-state index in [1.54, 1.807) is 0 Å².